The molecule has 0 spiro atoms. The van der Waals surface area contributed by atoms with Gasteiger partial charge in [-0.1, -0.05) is 73.6 Å². The molecule has 0 saturated carbocycles. The van der Waals surface area contributed by atoms with Crippen molar-refractivity contribution in [2.45, 2.75) is 84.7 Å². The van der Waals surface area contributed by atoms with Gasteiger partial charge in [0.1, 0.15) is 6.10 Å². The fourth-order valence-corrected chi connectivity index (χ4v) is 2.42. The lowest BCUT2D eigenvalue weighted by Gasteiger charge is -2.34. The van der Waals surface area contributed by atoms with Crippen LogP contribution >= 0.6 is 0 Å². The van der Waals surface area contributed by atoms with Crippen LogP contribution in [0.1, 0.15) is 79.0 Å². The second-order valence-electron chi connectivity index (χ2n) is 9.10. The number of benzene rings is 1. The molecule has 3 nitrogen and oxygen atoms in total. The first-order valence-corrected chi connectivity index (χ1v) is 8.28. The van der Waals surface area contributed by atoms with Gasteiger partial charge in [-0.15, -0.1) is 0 Å². The number of primary amides is 1. The van der Waals surface area contributed by atoms with Crippen molar-refractivity contribution >= 4 is 6.09 Å². The third kappa shape index (κ3) is 4.73. The standard InChI is InChI=1S/C20H33NO2/c1-13(23-17(21)22)20(8,9)16-11-14(18(2,3)4)10-15(12-16)19(5,6)7/h10-13H,1-9H3,(H2,21,22). The third-order valence-corrected chi connectivity index (χ3v) is 4.72. The number of carbonyl (C=O) groups is 1. The van der Waals surface area contributed by atoms with Crippen molar-refractivity contribution < 1.29 is 9.53 Å². The quantitative estimate of drug-likeness (QED) is 0.848. The Morgan fingerprint density at radius 3 is 1.52 bits per heavy atom. The van der Waals surface area contributed by atoms with E-state index in [-0.39, 0.29) is 22.3 Å². The molecule has 1 atom stereocenters. The van der Waals surface area contributed by atoms with Gasteiger partial charge in [0.15, 0.2) is 0 Å². The van der Waals surface area contributed by atoms with Gasteiger partial charge in [0.2, 0.25) is 0 Å². The molecule has 1 amide bonds. The van der Waals surface area contributed by atoms with E-state index in [2.05, 4.69) is 73.6 Å². The molecule has 0 aliphatic carbocycles. The molecular weight excluding hydrogens is 286 g/mol. The zero-order chi connectivity index (χ0) is 18.2. The Morgan fingerprint density at radius 1 is 0.870 bits per heavy atom. The number of hydrogen-bond donors (Lipinski definition) is 1. The Bertz CT molecular complexity index is 542. The van der Waals surface area contributed by atoms with E-state index in [9.17, 15) is 4.79 Å². The zero-order valence-corrected chi connectivity index (χ0v) is 16.2. The Balaban J connectivity index is 3.48. The molecule has 1 rings (SSSR count). The van der Waals surface area contributed by atoms with Gasteiger partial charge in [-0.3, -0.25) is 0 Å². The first-order chi connectivity index (χ1) is 10.2. The zero-order valence-electron chi connectivity index (χ0n) is 16.2. The first kappa shape index (κ1) is 19.5. The molecule has 0 heterocycles. The van der Waals surface area contributed by atoms with E-state index < -0.39 is 6.09 Å². The predicted octanol–water partition coefficient (Wildman–Crippen LogP) is 5.04. The minimum absolute atomic E-state index is 0.0554. The molecule has 1 unspecified atom stereocenters. The van der Waals surface area contributed by atoms with Crippen LogP contribution < -0.4 is 5.73 Å². The van der Waals surface area contributed by atoms with Crippen LogP contribution in [-0.2, 0) is 21.0 Å². The summed E-state index contributed by atoms with van der Waals surface area (Å²) in [6.45, 7) is 19.4. The van der Waals surface area contributed by atoms with Crippen LogP contribution in [0.4, 0.5) is 4.79 Å². The third-order valence-electron chi connectivity index (χ3n) is 4.72. The highest BCUT2D eigenvalue weighted by Gasteiger charge is 2.33. The van der Waals surface area contributed by atoms with E-state index in [0.29, 0.717) is 0 Å². The number of rotatable bonds is 3. The average molecular weight is 319 g/mol. The van der Waals surface area contributed by atoms with Crippen molar-refractivity contribution in [2.75, 3.05) is 0 Å². The van der Waals surface area contributed by atoms with Gasteiger partial charge in [0.05, 0.1) is 0 Å². The van der Waals surface area contributed by atoms with Crippen LogP contribution in [0.3, 0.4) is 0 Å². The Labute approximate surface area is 141 Å². The van der Waals surface area contributed by atoms with Crippen LogP contribution in [0.5, 0.6) is 0 Å². The van der Waals surface area contributed by atoms with Crippen molar-refractivity contribution in [1.82, 2.24) is 0 Å². The van der Waals surface area contributed by atoms with Crippen molar-refractivity contribution in [3.63, 3.8) is 0 Å². The minimum Gasteiger partial charge on any atom is -0.446 e. The maximum Gasteiger partial charge on any atom is 0.404 e. The molecule has 3 heteroatoms. The monoisotopic (exact) mass is 319 g/mol. The van der Waals surface area contributed by atoms with E-state index in [4.69, 9.17) is 10.5 Å². The minimum atomic E-state index is -0.728. The van der Waals surface area contributed by atoms with E-state index >= 15 is 0 Å². The van der Waals surface area contributed by atoms with E-state index in [0.717, 1.165) is 0 Å². The van der Waals surface area contributed by atoms with E-state index in [1.54, 1.807) is 0 Å². The van der Waals surface area contributed by atoms with Gasteiger partial charge in [0, 0.05) is 5.41 Å². The number of carbonyl (C=O) groups excluding carboxylic acids is 1. The summed E-state index contributed by atoms with van der Waals surface area (Å²) in [7, 11) is 0. The number of nitrogens with two attached hydrogens (primary N) is 1. The summed E-state index contributed by atoms with van der Waals surface area (Å²) in [6.07, 6.45) is -1.03. The smallest absolute Gasteiger partial charge is 0.404 e. The van der Waals surface area contributed by atoms with Crippen molar-refractivity contribution in [3.8, 4) is 0 Å². The summed E-state index contributed by atoms with van der Waals surface area (Å²) in [6, 6.07) is 6.76. The molecule has 0 aliphatic rings. The molecule has 0 bridgehead atoms. The fraction of sp³-hybridized carbons (Fsp3) is 0.650. The predicted molar refractivity (Wildman–Crippen MR) is 97.0 cm³/mol. The van der Waals surface area contributed by atoms with Gasteiger partial charge in [-0.05, 0) is 34.4 Å². The van der Waals surface area contributed by atoms with Gasteiger partial charge in [-0.2, -0.15) is 0 Å². The van der Waals surface area contributed by atoms with E-state index in [1.807, 2.05) is 6.92 Å². The lowest BCUT2D eigenvalue weighted by molar-refractivity contribution is 0.0747. The van der Waals surface area contributed by atoms with Crippen LogP contribution in [0.2, 0.25) is 0 Å². The summed E-state index contributed by atoms with van der Waals surface area (Å²) < 4.78 is 5.26. The highest BCUT2D eigenvalue weighted by Crippen LogP contribution is 2.36. The molecule has 130 valence electrons. The summed E-state index contributed by atoms with van der Waals surface area (Å²) >= 11 is 0. The SMILES string of the molecule is CC(OC(N)=O)C(C)(C)c1cc(C(C)(C)C)cc(C(C)(C)C)c1. The fourth-order valence-electron chi connectivity index (χ4n) is 2.42. The maximum atomic E-state index is 11.1. The Morgan fingerprint density at radius 2 is 1.22 bits per heavy atom. The highest BCUT2D eigenvalue weighted by molar-refractivity contribution is 5.65. The highest BCUT2D eigenvalue weighted by atomic mass is 16.6. The molecule has 2 N–H and O–H groups in total. The Hall–Kier alpha value is -1.51. The summed E-state index contributed by atoms with van der Waals surface area (Å²) in [4.78, 5) is 11.1. The van der Waals surface area contributed by atoms with Gasteiger partial charge >= 0.3 is 6.09 Å². The van der Waals surface area contributed by atoms with Crippen LogP contribution in [-0.4, -0.2) is 12.2 Å². The summed E-state index contributed by atoms with van der Waals surface area (Å²) in [5.41, 5.74) is 8.75. The molecule has 23 heavy (non-hydrogen) atoms. The van der Waals surface area contributed by atoms with Crippen molar-refractivity contribution in [3.05, 3.63) is 34.9 Å². The molecule has 1 aromatic carbocycles. The van der Waals surface area contributed by atoms with Gasteiger partial charge < -0.3 is 10.5 Å². The first-order valence-electron chi connectivity index (χ1n) is 8.28. The van der Waals surface area contributed by atoms with Gasteiger partial charge in [0.25, 0.3) is 0 Å². The summed E-state index contributed by atoms with van der Waals surface area (Å²) in [5.74, 6) is 0. The van der Waals surface area contributed by atoms with Crippen LogP contribution in [0.15, 0.2) is 18.2 Å². The number of ether oxygens (including phenoxy) is 1. The second-order valence-corrected chi connectivity index (χ2v) is 9.10. The molecule has 0 aromatic heterocycles. The number of amides is 1. The molecule has 1 aromatic rings. The average Bonchev–Trinajstić information content (AvgIpc) is 2.35. The molecule has 0 fully saturated rings. The molecule has 0 aliphatic heterocycles. The lowest BCUT2D eigenvalue weighted by Crippen LogP contribution is -2.37. The Kier molecular flexibility index (Phi) is 5.25. The largest absolute Gasteiger partial charge is 0.446 e. The molecular formula is C20H33NO2. The summed E-state index contributed by atoms with van der Waals surface area (Å²) in [5, 5.41) is 0. The second kappa shape index (κ2) is 6.18. The normalized spacial score (nSPS) is 14.5. The van der Waals surface area contributed by atoms with Gasteiger partial charge in [-0.25, -0.2) is 4.79 Å². The number of hydrogen-bond acceptors (Lipinski definition) is 2. The molecule has 0 radical (unpaired) electrons. The van der Waals surface area contributed by atoms with Crippen molar-refractivity contribution in [1.29, 1.82) is 0 Å². The van der Waals surface area contributed by atoms with Crippen LogP contribution in [0, 0.1) is 0 Å². The maximum absolute atomic E-state index is 11.1. The van der Waals surface area contributed by atoms with Crippen molar-refractivity contribution in [2.24, 2.45) is 5.73 Å². The van der Waals surface area contributed by atoms with E-state index in [1.165, 1.54) is 16.7 Å². The lowest BCUT2D eigenvalue weighted by atomic mass is 9.73. The molecule has 0 saturated heterocycles. The topological polar surface area (TPSA) is 52.3 Å². The van der Waals surface area contributed by atoms with Crippen LogP contribution in [0.25, 0.3) is 0 Å².